The first-order valence-electron chi connectivity index (χ1n) is 5.55. The summed E-state index contributed by atoms with van der Waals surface area (Å²) in [6.07, 6.45) is 1.04. The first kappa shape index (κ1) is 12.1. The van der Waals surface area contributed by atoms with Gasteiger partial charge in [-0.15, -0.1) is 0 Å². The van der Waals surface area contributed by atoms with E-state index in [1.165, 1.54) is 5.56 Å². The zero-order valence-electron chi connectivity index (χ0n) is 9.83. The van der Waals surface area contributed by atoms with E-state index in [-0.39, 0.29) is 0 Å². The Labute approximate surface area is 92.1 Å². The Kier molecular flexibility index (Phi) is 4.15. The van der Waals surface area contributed by atoms with Gasteiger partial charge in [-0.1, -0.05) is 26.0 Å². The summed E-state index contributed by atoms with van der Waals surface area (Å²) in [7, 11) is 0. The third-order valence-electron chi connectivity index (χ3n) is 3.22. The van der Waals surface area contributed by atoms with Crippen molar-refractivity contribution in [1.82, 2.24) is 0 Å². The Morgan fingerprint density at radius 3 is 2.53 bits per heavy atom. The van der Waals surface area contributed by atoms with Crippen LogP contribution < -0.4 is 5.73 Å². The lowest BCUT2D eigenvalue weighted by molar-refractivity contribution is 0.454. The number of aryl methyl sites for hydroxylation is 1. The van der Waals surface area contributed by atoms with Crippen molar-refractivity contribution in [3.63, 3.8) is 0 Å². The number of hydrogen-bond acceptors (Lipinski definition) is 2. The van der Waals surface area contributed by atoms with Crippen LogP contribution >= 0.6 is 0 Å². The van der Waals surface area contributed by atoms with Gasteiger partial charge in [-0.3, -0.25) is 0 Å². The molecule has 1 aromatic carbocycles. The van der Waals surface area contributed by atoms with E-state index < -0.39 is 0 Å². The topological polar surface area (TPSA) is 46.2 Å². The van der Waals surface area contributed by atoms with Crippen LogP contribution in [-0.2, 0) is 0 Å². The van der Waals surface area contributed by atoms with Crippen LogP contribution in [0.4, 0.5) is 0 Å². The maximum atomic E-state index is 9.45. The van der Waals surface area contributed by atoms with Crippen LogP contribution in [0, 0.1) is 12.8 Å². The number of hydrogen-bond donors (Lipinski definition) is 2. The van der Waals surface area contributed by atoms with E-state index in [2.05, 4.69) is 19.9 Å². The fourth-order valence-electron chi connectivity index (χ4n) is 1.80. The Hall–Kier alpha value is -1.02. The van der Waals surface area contributed by atoms with E-state index in [9.17, 15) is 5.11 Å². The van der Waals surface area contributed by atoms with Crippen molar-refractivity contribution >= 4 is 0 Å². The molecule has 1 aromatic rings. The molecule has 84 valence electrons. The van der Waals surface area contributed by atoms with Crippen molar-refractivity contribution in [2.24, 2.45) is 11.7 Å². The summed E-state index contributed by atoms with van der Waals surface area (Å²) in [5.41, 5.74) is 7.79. The van der Waals surface area contributed by atoms with Gasteiger partial charge in [0.15, 0.2) is 0 Å². The van der Waals surface area contributed by atoms with Gasteiger partial charge in [0.1, 0.15) is 5.75 Å². The second kappa shape index (κ2) is 5.17. The maximum Gasteiger partial charge on any atom is 0.118 e. The standard InChI is InChI=1S/C13H21NO/c1-9(6-7-14)11(3)12-4-5-13(15)10(2)8-12/h4-5,8-9,11,15H,6-7,14H2,1-3H3. The molecule has 2 unspecified atom stereocenters. The van der Waals surface area contributed by atoms with E-state index in [0.717, 1.165) is 18.5 Å². The average molecular weight is 207 g/mol. The lowest BCUT2D eigenvalue weighted by atomic mass is 9.86. The number of benzene rings is 1. The van der Waals surface area contributed by atoms with Crippen molar-refractivity contribution in [3.05, 3.63) is 29.3 Å². The van der Waals surface area contributed by atoms with Gasteiger partial charge < -0.3 is 10.8 Å². The zero-order valence-corrected chi connectivity index (χ0v) is 9.83. The van der Waals surface area contributed by atoms with Gasteiger partial charge in [0.05, 0.1) is 0 Å². The largest absolute Gasteiger partial charge is 0.508 e. The SMILES string of the molecule is Cc1cc(C(C)C(C)CCN)ccc1O. The lowest BCUT2D eigenvalue weighted by Crippen LogP contribution is -2.12. The smallest absolute Gasteiger partial charge is 0.118 e. The molecule has 15 heavy (non-hydrogen) atoms. The highest BCUT2D eigenvalue weighted by atomic mass is 16.3. The minimum atomic E-state index is 0.373. The summed E-state index contributed by atoms with van der Waals surface area (Å²) in [4.78, 5) is 0. The van der Waals surface area contributed by atoms with Gasteiger partial charge >= 0.3 is 0 Å². The minimum Gasteiger partial charge on any atom is -0.508 e. The number of aromatic hydroxyl groups is 1. The highest BCUT2D eigenvalue weighted by Crippen LogP contribution is 2.29. The van der Waals surface area contributed by atoms with Gasteiger partial charge in [0.2, 0.25) is 0 Å². The van der Waals surface area contributed by atoms with Crippen molar-refractivity contribution in [2.45, 2.75) is 33.1 Å². The molecule has 0 aliphatic heterocycles. The third-order valence-corrected chi connectivity index (χ3v) is 3.22. The third kappa shape index (κ3) is 2.96. The van der Waals surface area contributed by atoms with Crippen LogP contribution in [0.15, 0.2) is 18.2 Å². The van der Waals surface area contributed by atoms with Gasteiger partial charge in [-0.05, 0) is 48.9 Å². The molecular formula is C13H21NO. The number of rotatable bonds is 4. The molecule has 2 atom stereocenters. The summed E-state index contributed by atoms with van der Waals surface area (Å²) in [6, 6.07) is 5.84. The van der Waals surface area contributed by atoms with Crippen LogP contribution in [0.3, 0.4) is 0 Å². The quantitative estimate of drug-likeness (QED) is 0.797. The minimum absolute atomic E-state index is 0.373. The van der Waals surface area contributed by atoms with E-state index in [1.54, 1.807) is 6.07 Å². The molecule has 0 bridgehead atoms. The zero-order chi connectivity index (χ0) is 11.4. The second-order valence-corrected chi connectivity index (χ2v) is 4.39. The average Bonchev–Trinajstić information content (AvgIpc) is 2.21. The molecular weight excluding hydrogens is 186 g/mol. The van der Waals surface area contributed by atoms with Crippen LogP contribution in [-0.4, -0.2) is 11.7 Å². The first-order valence-corrected chi connectivity index (χ1v) is 5.55. The summed E-state index contributed by atoms with van der Waals surface area (Å²) in [5, 5.41) is 9.45. The Morgan fingerprint density at radius 1 is 1.33 bits per heavy atom. The molecule has 0 aliphatic rings. The summed E-state index contributed by atoms with van der Waals surface area (Å²) < 4.78 is 0. The summed E-state index contributed by atoms with van der Waals surface area (Å²) in [5.74, 6) is 1.45. The Balaban J connectivity index is 2.81. The fourth-order valence-corrected chi connectivity index (χ4v) is 1.80. The lowest BCUT2D eigenvalue weighted by Gasteiger charge is -2.20. The van der Waals surface area contributed by atoms with Gasteiger partial charge in [0, 0.05) is 0 Å². The van der Waals surface area contributed by atoms with E-state index in [4.69, 9.17) is 5.73 Å². The maximum absolute atomic E-state index is 9.45. The molecule has 0 aliphatic carbocycles. The van der Waals surface area contributed by atoms with Crippen LogP contribution in [0.1, 0.15) is 37.3 Å². The van der Waals surface area contributed by atoms with Gasteiger partial charge in [-0.2, -0.15) is 0 Å². The van der Waals surface area contributed by atoms with E-state index in [1.807, 2.05) is 13.0 Å². The molecule has 0 saturated carbocycles. The Morgan fingerprint density at radius 2 is 2.00 bits per heavy atom. The van der Waals surface area contributed by atoms with Crippen molar-refractivity contribution in [3.8, 4) is 5.75 Å². The predicted molar refractivity (Wildman–Crippen MR) is 64.1 cm³/mol. The van der Waals surface area contributed by atoms with Gasteiger partial charge in [-0.25, -0.2) is 0 Å². The number of nitrogens with two attached hydrogens (primary N) is 1. The molecule has 2 nitrogen and oxygen atoms in total. The molecule has 2 heteroatoms. The fraction of sp³-hybridized carbons (Fsp3) is 0.538. The van der Waals surface area contributed by atoms with Crippen LogP contribution in [0.5, 0.6) is 5.75 Å². The van der Waals surface area contributed by atoms with Gasteiger partial charge in [0.25, 0.3) is 0 Å². The monoisotopic (exact) mass is 207 g/mol. The second-order valence-electron chi connectivity index (χ2n) is 4.39. The molecule has 0 aromatic heterocycles. The molecule has 0 amide bonds. The molecule has 0 radical (unpaired) electrons. The van der Waals surface area contributed by atoms with E-state index >= 15 is 0 Å². The normalized spacial score (nSPS) is 14.9. The summed E-state index contributed by atoms with van der Waals surface area (Å²) >= 11 is 0. The first-order chi connectivity index (χ1) is 7.06. The number of phenols is 1. The molecule has 0 spiro atoms. The van der Waals surface area contributed by atoms with E-state index in [0.29, 0.717) is 17.6 Å². The van der Waals surface area contributed by atoms with Crippen molar-refractivity contribution in [2.75, 3.05) is 6.54 Å². The number of phenolic OH excluding ortho intramolecular Hbond substituents is 1. The molecule has 1 rings (SSSR count). The predicted octanol–water partition coefficient (Wildman–Crippen LogP) is 2.79. The molecule has 0 saturated heterocycles. The molecule has 3 N–H and O–H groups in total. The molecule has 0 heterocycles. The van der Waals surface area contributed by atoms with Crippen molar-refractivity contribution in [1.29, 1.82) is 0 Å². The molecule has 0 fully saturated rings. The summed E-state index contributed by atoms with van der Waals surface area (Å²) in [6.45, 7) is 7.10. The highest BCUT2D eigenvalue weighted by Gasteiger charge is 2.14. The Bertz CT molecular complexity index is 322. The van der Waals surface area contributed by atoms with Crippen LogP contribution in [0.2, 0.25) is 0 Å². The highest BCUT2D eigenvalue weighted by molar-refractivity contribution is 5.36. The van der Waals surface area contributed by atoms with Crippen LogP contribution in [0.25, 0.3) is 0 Å². The van der Waals surface area contributed by atoms with Crippen molar-refractivity contribution < 1.29 is 5.11 Å².